The van der Waals surface area contributed by atoms with Crippen molar-refractivity contribution in [1.82, 2.24) is 4.59 Å². The average molecular weight is 351 g/mol. The molecule has 0 fully saturated rings. The summed E-state index contributed by atoms with van der Waals surface area (Å²) in [7, 11) is 0. The molecule has 0 saturated heterocycles. The highest BCUT2D eigenvalue weighted by atomic mass is 15.7. The Hall–Kier alpha value is -3.36. The van der Waals surface area contributed by atoms with Gasteiger partial charge in [0.25, 0.3) is 0 Å². The maximum absolute atomic E-state index is 3.82. The molecule has 132 valence electrons. The van der Waals surface area contributed by atoms with E-state index in [2.05, 4.69) is 128 Å². The van der Waals surface area contributed by atoms with E-state index in [-0.39, 0.29) is 0 Å². The molecule has 2 heteroatoms. The third-order valence-corrected chi connectivity index (χ3v) is 4.75. The number of benzene rings is 4. The van der Waals surface area contributed by atoms with Crippen LogP contribution in [0.25, 0.3) is 0 Å². The Morgan fingerprint density at radius 3 is 1.37 bits per heavy atom. The lowest BCUT2D eigenvalue weighted by Crippen LogP contribution is -2.44. The second-order valence-electron chi connectivity index (χ2n) is 6.66. The summed E-state index contributed by atoms with van der Waals surface area (Å²) in [5.74, 6) is 0. The molecule has 0 bridgehead atoms. The standard InChI is InChI=1S/C25H23N2/c1-21-12-11-13-22(20-21)26-27(23-14-5-2-6-15-23,24-16-7-3-8-17-24)25-18-9-4-10-19-25/h2-20,26H,1H3/q+1. The molecule has 4 aromatic carbocycles. The van der Waals surface area contributed by atoms with Gasteiger partial charge in [0.1, 0.15) is 0 Å². The van der Waals surface area contributed by atoms with Crippen LogP contribution in [0.3, 0.4) is 0 Å². The Balaban J connectivity index is 2.00. The van der Waals surface area contributed by atoms with Gasteiger partial charge >= 0.3 is 0 Å². The predicted octanol–water partition coefficient (Wildman–Crippen LogP) is 6.99. The number of rotatable bonds is 5. The summed E-state index contributed by atoms with van der Waals surface area (Å²) in [6.07, 6.45) is 0. The van der Waals surface area contributed by atoms with E-state index in [4.69, 9.17) is 0 Å². The van der Waals surface area contributed by atoms with Crippen LogP contribution in [-0.2, 0) is 0 Å². The molecule has 0 amide bonds. The van der Waals surface area contributed by atoms with Gasteiger partial charge in [-0.2, -0.15) is 0 Å². The van der Waals surface area contributed by atoms with E-state index < -0.39 is 0 Å². The van der Waals surface area contributed by atoms with E-state index in [1.807, 2.05) is 0 Å². The minimum absolute atomic E-state index is 0.409. The Morgan fingerprint density at radius 2 is 0.963 bits per heavy atom. The quantitative estimate of drug-likeness (QED) is 0.302. The number of aryl methyl sites for hydroxylation is 1. The topological polar surface area (TPSA) is 12.0 Å². The maximum Gasteiger partial charge on any atom is 0.167 e. The van der Waals surface area contributed by atoms with Gasteiger partial charge < -0.3 is 0 Å². The molecule has 0 aromatic heterocycles. The number of hydrogen-bond donors (Lipinski definition) is 1. The molecule has 0 aliphatic rings. The zero-order chi connectivity index (χ0) is 18.5. The molecule has 0 unspecified atom stereocenters. The third-order valence-electron chi connectivity index (χ3n) is 4.75. The van der Waals surface area contributed by atoms with Crippen LogP contribution in [0, 0.1) is 6.92 Å². The van der Waals surface area contributed by atoms with Crippen molar-refractivity contribution >= 4 is 22.7 Å². The van der Waals surface area contributed by atoms with E-state index in [1.165, 1.54) is 5.56 Å². The molecular formula is C25H23N2+. The maximum atomic E-state index is 3.82. The molecule has 27 heavy (non-hydrogen) atoms. The zero-order valence-electron chi connectivity index (χ0n) is 15.4. The highest BCUT2D eigenvalue weighted by Crippen LogP contribution is 2.43. The van der Waals surface area contributed by atoms with Crippen molar-refractivity contribution in [3.05, 3.63) is 121 Å². The summed E-state index contributed by atoms with van der Waals surface area (Å²) in [4.78, 5) is 0. The molecule has 0 atom stereocenters. The first-order chi connectivity index (χ1) is 13.3. The monoisotopic (exact) mass is 351 g/mol. The van der Waals surface area contributed by atoms with Crippen LogP contribution in [-0.4, -0.2) is 0 Å². The Labute approximate surface area is 160 Å². The van der Waals surface area contributed by atoms with Crippen LogP contribution < -0.4 is 10.0 Å². The zero-order valence-corrected chi connectivity index (χ0v) is 15.4. The molecule has 0 spiro atoms. The van der Waals surface area contributed by atoms with Gasteiger partial charge in [0.05, 0.1) is 5.69 Å². The molecule has 0 heterocycles. The molecule has 2 nitrogen and oxygen atoms in total. The second-order valence-corrected chi connectivity index (χ2v) is 6.66. The molecule has 0 aliphatic carbocycles. The fourth-order valence-corrected chi connectivity index (χ4v) is 3.50. The summed E-state index contributed by atoms with van der Waals surface area (Å²) in [6, 6.07) is 40.2. The van der Waals surface area contributed by atoms with Crippen molar-refractivity contribution in [3.8, 4) is 0 Å². The van der Waals surface area contributed by atoms with Crippen LogP contribution in [0.15, 0.2) is 115 Å². The van der Waals surface area contributed by atoms with Gasteiger partial charge in [-0.05, 0) is 24.6 Å². The van der Waals surface area contributed by atoms with Crippen molar-refractivity contribution < 1.29 is 0 Å². The molecular weight excluding hydrogens is 328 g/mol. The van der Waals surface area contributed by atoms with Crippen LogP contribution in [0.4, 0.5) is 22.7 Å². The Kier molecular flexibility index (Phi) is 4.73. The number of anilines is 1. The summed E-state index contributed by atoms with van der Waals surface area (Å²) < 4.78 is 0.409. The smallest absolute Gasteiger partial charge is 0.167 e. The minimum atomic E-state index is 0.409. The number of nitrogens with one attached hydrogen (secondary N) is 1. The van der Waals surface area contributed by atoms with Gasteiger partial charge in [-0.15, -0.1) is 4.59 Å². The normalized spacial score (nSPS) is 11.1. The number of quaternary nitrogens is 1. The second kappa shape index (κ2) is 7.48. The van der Waals surface area contributed by atoms with Crippen LogP contribution in [0.1, 0.15) is 5.56 Å². The fraction of sp³-hybridized carbons (Fsp3) is 0.0400. The first kappa shape index (κ1) is 17.1. The van der Waals surface area contributed by atoms with Gasteiger partial charge in [0, 0.05) is 36.4 Å². The van der Waals surface area contributed by atoms with Crippen molar-refractivity contribution in [3.63, 3.8) is 0 Å². The molecule has 4 rings (SSSR count). The summed E-state index contributed by atoms with van der Waals surface area (Å²) in [6.45, 7) is 2.12. The van der Waals surface area contributed by atoms with Gasteiger partial charge in [0.2, 0.25) is 0 Å². The first-order valence-corrected chi connectivity index (χ1v) is 9.20. The summed E-state index contributed by atoms with van der Waals surface area (Å²) in [5.41, 5.74) is 9.57. The van der Waals surface area contributed by atoms with E-state index in [0.29, 0.717) is 4.59 Å². The molecule has 0 radical (unpaired) electrons. The highest BCUT2D eigenvalue weighted by molar-refractivity contribution is 5.74. The molecule has 4 aromatic rings. The largest absolute Gasteiger partial charge is 0.221 e. The van der Waals surface area contributed by atoms with E-state index >= 15 is 0 Å². The lowest BCUT2D eigenvalue weighted by Gasteiger charge is -2.37. The van der Waals surface area contributed by atoms with Crippen LogP contribution >= 0.6 is 0 Å². The fourth-order valence-electron chi connectivity index (χ4n) is 3.50. The number of nitrogens with zero attached hydrogens (tertiary/aromatic N) is 1. The molecule has 0 aliphatic heterocycles. The summed E-state index contributed by atoms with van der Waals surface area (Å²) >= 11 is 0. The molecule has 0 saturated carbocycles. The van der Waals surface area contributed by atoms with Gasteiger partial charge in [-0.1, -0.05) is 66.7 Å². The van der Waals surface area contributed by atoms with E-state index in [9.17, 15) is 0 Å². The van der Waals surface area contributed by atoms with Gasteiger partial charge in [0.15, 0.2) is 17.1 Å². The van der Waals surface area contributed by atoms with Crippen molar-refractivity contribution in [2.75, 3.05) is 5.43 Å². The first-order valence-electron chi connectivity index (χ1n) is 9.20. The number of para-hydroxylation sites is 3. The third kappa shape index (κ3) is 3.35. The Bertz CT molecular complexity index is 899. The molecule has 1 N–H and O–H groups in total. The minimum Gasteiger partial charge on any atom is -0.221 e. The van der Waals surface area contributed by atoms with Crippen LogP contribution in [0.2, 0.25) is 0 Å². The predicted molar refractivity (Wildman–Crippen MR) is 115 cm³/mol. The summed E-state index contributed by atoms with van der Waals surface area (Å²) in [5, 5.41) is 0. The van der Waals surface area contributed by atoms with Crippen molar-refractivity contribution in [2.24, 2.45) is 0 Å². The average Bonchev–Trinajstić information content (AvgIpc) is 2.74. The highest BCUT2D eigenvalue weighted by Gasteiger charge is 2.37. The van der Waals surface area contributed by atoms with E-state index in [1.54, 1.807) is 0 Å². The van der Waals surface area contributed by atoms with Crippen molar-refractivity contribution in [1.29, 1.82) is 0 Å². The van der Waals surface area contributed by atoms with Gasteiger partial charge in [-0.3, -0.25) is 0 Å². The SMILES string of the molecule is Cc1cccc(N[N+](c2ccccc2)(c2ccccc2)c2ccccc2)c1. The van der Waals surface area contributed by atoms with Gasteiger partial charge in [-0.25, -0.2) is 5.43 Å². The van der Waals surface area contributed by atoms with Crippen LogP contribution in [0.5, 0.6) is 0 Å². The number of hydrogen-bond acceptors (Lipinski definition) is 1. The van der Waals surface area contributed by atoms with E-state index in [0.717, 1.165) is 22.7 Å². The lowest BCUT2D eigenvalue weighted by atomic mass is 10.1. The Morgan fingerprint density at radius 1 is 0.519 bits per heavy atom. The van der Waals surface area contributed by atoms with Crippen molar-refractivity contribution in [2.45, 2.75) is 6.92 Å². The lowest BCUT2D eigenvalue weighted by molar-refractivity contribution is 0.614.